The minimum absolute atomic E-state index is 0.182. The molecule has 0 amide bonds. The molecule has 2 nitrogen and oxygen atoms in total. The molecule has 3 atom stereocenters. The molecule has 2 heterocycles. The molecule has 4 aliphatic rings. The van der Waals surface area contributed by atoms with E-state index in [9.17, 15) is 0 Å². The average Bonchev–Trinajstić information content (AvgIpc) is 4.00. The molecule has 1 aromatic heterocycles. The van der Waals surface area contributed by atoms with Gasteiger partial charge in [0.2, 0.25) is 0 Å². The maximum absolute atomic E-state index is 2.56. The average molecular weight is 883 g/mol. The molecule has 3 aliphatic carbocycles. The molecule has 0 fully saturated rings. The lowest BCUT2D eigenvalue weighted by Gasteiger charge is -2.38. The second kappa shape index (κ2) is 15.2. The highest BCUT2D eigenvalue weighted by Gasteiger charge is 2.49. The number of anilines is 2. The van der Waals surface area contributed by atoms with E-state index < -0.39 is 5.41 Å². The standard InChI is InChI=1S/C67H50N2/c1-44-18-15-26-51(40-44)67(50-24-7-4-8-25-50)57-30-12-11-29-54(57)55-35-38-62-64(65(55)67)56-42-48(33-36-60(56)69(62)59-31-17-22-46-21-9-10-28-53(46)59)49-34-37-61-58(43-49)66(2)39-14-13-32-63(66)68(61)52-27-16-23-47(41-52)45-19-5-3-6-20-45/h3-38,41-44H,39-40H2,1-2H3. The van der Waals surface area contributed by atoms with E-state index in [2.05, 4.69) is 260 Å². The molecule has 0 radical (unpaired) electrons. The molecule has 328 valence electrons. The third kappa shape index (κ3) is 5.73. The van der Waals surface area contributed by atoms with Crippen molar-refractivity contribution in [2.45, 2.75) is 37.5 Å². The van der Waals surface area contributed by atoms with Crippen LogP contribution in [0, 0.1) is 5.92 Å². The molecule has 69 heavy (non-hydrogen) atoms. The van der Waals surface area contributed by atoms with Crippen molar-refractivity contribution < 1.29 is 0 Å². The number of hydrogen-bond acceptors (Lipinski definition) is 1. The summed E-state index contributed by atoms with van der Waals surface area (Å²) in [7, 11) is 0. The first kappa shape index (κ1) is 39.9. The van der Waals surface area contributed by atoms with Gasteiger partial charge in [-0.2, -0.15) is 0 Å². The second-order valence-electron chi connectivity index (χ2n) is 19.9. The van der Waals surface area contributed by atoms with E-state index in [4.69, 9.17) is 0 Å². The van der Waals surface area contributed by atoms with Crippen LogP contribution in [0.25, 0.3) is 71.6 Å². The Morgan fingerprint density at radius 1 is 0.522 bits per heavy atom. The molecular weight excluding hydrogens is 833 g/mol. The Bertz CT molecular complexity index is 3880. The fourth-order valence-corrected chi connectivity index (χ4v) is 12.9. The van der Waals surface area contributed by atoms with Gasteiger partial charge in [-0.1, -0.05) is 195 Å². The quantitative estimate of drug-likeness (QED) is 0.162. The predicted octanol–water partition coefficient (Wildman–Crippen LogP) is 17.4. The van der Waals surface area contributed by atoms with E-state index in [1.54, 1.807) is 0 Å². The first-order valence-corrected chi connectivity index (χ1v) is 24.6. The molecule has 9 aromatic carbocycles. The summed E-state index contributed by atoms with van der Waals surface area (Å²) in [4.78, 5) is 2.51. The second-order valence-corrected chi connectivity index (χ2v) is 19.9. The number of allylic oxidation sites excluding steroid dienone is 8. The molecule has 0 bridgehead atoms. The molecule has 2 heteroatoms. The summed E-state index contributed by atoms with van der Waals surface area (Å²) in [5.41, 5.74) is 21.1. The van der Waals surface area contributed by atoms with Gasteiger partial charge in [-0.3, -0.25) is 0 Å². The lowest BCUT2D eigenvalue weighted by molar-refractivity contribution is 0.577. The van der Waals surface area contributed by atoms with Gasteiger partial charge in [0.1, 0.15) is 0 Å². The fourth-order valence-electron chi connectivity index (χ4n) is 12.9. The molecular formula is C67H50N2. The number of hydrogen-bond donors (Lipinski definition) is 0. The fraction of sp³-hybridized carbons (Fsp3) is 0.104. The Balaban J connectivity index is 1.04. The van der Waals surface area contributed by atoms with Gasteiger partial charge >= 0.3 is 0 Å². The summed E-state index contributed by atoms with van der Waals surface area (Å²) < 4.78 is 2.56. The summed E-state index contributed by atoms with van der Waals surface area (Å²) in [6.45, 7) is 4.80. The Kier molecular flexibility index (Phi) is 8.77. The predicted molar refractivity (Wildman–Crippen MR) is 290 cm³/mol. The summed E-state index contributed by atoms with van der Waals surface area (Å²) >= 11 is 0. The molecule has 10 aromatic rings. The van der Waals surface area contributed by atoms with Crippen molar-refractivity contribution in [2.24, 2.45) is 5.92 Å². The maximum atomic E-state index is 2.56. The highest BCUT2D eigenvalue weighted by Crippen LogP contribution is 2.61. The molecule has 0 saturated heterocycles. The summed E-state index contributed by atoms with van der Waals surface area (Å²) in [5, 5.41) is 5.07. The van der Waals surface area contributed by atoms with E-state index in [0.717, 1.165) is 12.8 Å². The van der Waals surface area contributed by atoms with Crippen molar-refractivity contribution in [2.75, 3.05) is 4.90 Å². The molecule has 0 spiro atoms. The SMILES string of the molecule is CC1C=CC=C(C2(c3ccccc3)c3ccccc3-c3ccc4c(c32)c2cc(-c3ccc5c(c3)C3(C)CC=CC=C3N5c3cccc(-c5ccccc5)c3)ccc2n4-c2cccc3ccccc23)C1. The lowest BCUT2D eigenvalue weighted by atomic mass is 9.63. The molecule has 3 unspecified atom stereocenters. The largest absolute Gasteiger partial charge is 0.313 e. The van der Waals surface area contributed by atoms with Crippen molar-refractivity contribution in [3.8, 4) is 39.1 Å². The van der Waals surface area contributed by atoms with Crippen LogP contribution in [0.15, 0.2) is 248 Å². The van der Waals surface area contributed by atoms with Crippen molar-refractivity contribution in [1.29, 1.82) is 0 Å². The highest BCUT2D eigenvalue weighted by molar-refractivity contribution is 6.17. The number of rotatable bonds is 6. The molecule has 0 saturated carbocycles. The smallest absolute Gasteiger partial charge is 0.0683 e. The van der Waals surface area contributed by atoms with E-state index in [1.807, 2.05) is 0 Å². The van der Waals surface area contributed by atoms with Crippen LogP contribution >= 0.6 is 0 Å². The normalized spacial score (nSPS) is 19.9. The van der Waals surface area contributed by atoms with Gasteiger partial charge in [-0.15, -0.1) is 0 Å². The molecule has 14 rings (SSSR count). The highest BCUT2D eigenvalue weighted by atomic mass is 15.2. The lowest BCUT2D eigenvalue weighted by Crippen LogP contribution is -2.31. The van der Waals surface area contributed by atoms with Crippen LogP contribution in [0.2, 0.25) is 0 Å². The van der Waals surface area contributed by atoms with E-state index in [0.29, 0.717) is 5.92 Å². The zero-order valence-electron chi connectivity index (χ0n) is 38.9. The Morgan fingerprint density at radius 2 is 1.25 bits per heavy atom. The van der Waals surface area contributed by atoms with Crippen LogP contribution in [0.3, 0.4) is 0 Å². The minimum Gasteiger partial charge on any atom is -0.313 e. The summed E-state index contributed by atoms with van der Waals surface area (Å²) in [6, 6.07) is 75.4. The third-order valence-electron chi connectivity index (χ3n) is 16.0. The Hall–Kier alpha value is -8.20. The van der Waals surface area contributed by atoms with E-state index >= 15 is 0 Å². The molecule has 0 N–H and O–H groups in total. The van der Waals surface area contributed by atoms with Gasteiger partial charge in [0.15, 0.2) is 0 Å². The minimum atomic E-state index is -0.500. The first-order chi connectivity index (χ1) is 34.0. The van der Waals surface area contributed by atoms with Gasteiger partial charge in [0, 0.05) is 33.0 Å². The van der Waals surface area contributed by atoms with Gasteiger partial charge in [0.05, 0.1) is 27.8 Å². The first-order valence-electron chi connectivity index (χ1n) is 24.6. The van der Waals surface area contributed by atoms with Gasteiger partial charge in [-0.05, 0) is 141 Å². The van der Waals surface area contributed by atoms with Crippen LogP contribution in [0.1, 0.15) is 48.9 Å². The Labute approximate surface area is 404 Å². The van der Waals surface area contributed by atoms with Crippen molar-refractivity contribution in [1.82, 2.24) is 4.57 Å². The zero-order chi connectivity index (χ0) is 45.8. The summed E-state index contributed by atoms with van der Waals surface area (Å²) in [6.07, 6.45) is 16.0. The number of benzene rings is 9. The Morgan fingerprint density at radius 3 is 2.13 bits per heavy atom. The topological polar surface area (TPSA) is 8.17 Å². The maximum Gasteiger partial charge on any atom is 0.0683 e. The van der Waals surface area contributed by atoms with Crippen LogP contribution in [0.4, 0.5) is 11.4 Å². The van der Waals surface area contributed by atoms with E-state index in [1.165, 1.54) is 117 Å². The monoisotopic (exact) mass is 882 g/mol. The van der Waals surface area contributed by atoms with Gasteiger partial charge < -0.3 is 9.47 Å². The van der Waals surface area contributed by atoms with Crippen molar-refractivity contribution >= 4 is 44.0 Å². The zero-order valence-corrected chi connectivity index (χ0v) is 38.9. The van der Waals surface area contributed by atoms with Crippen molar-refractivity contribution in [3.63, 3.8) is 0 Å². The molecule has 1 aliphatic heterocycles. The number of aromatic nitrogens is 1. The number of fused-ring (bicyclic) bond motifs is 11. The summed E-state index contributed by atoms with van der Waals surface area (Å²) in [5.74, 6) is 0.421. The van der Waals surface area contributed by atoms with Crippen LogP contribution < -0.4 is 4.90 Å². The third-order valence-corrected chi connectivity index (χ3v) is 16.0. The van der Waals surface area contributed by atoms with Gasteiger partial charge in [-0.25, -0.2) is 0 Å². The van der Waals surface area contributed by atoms with E-state index in [-0.39, 0.29) is 5.41 Å². The van der Waals surface area contributed by atoms with Crippen molar-refractivity contribution in [3.05, 3.63) is 270 Å². The van der Waals surface area contributed by atoms with Crippen LogP contribution in [-0.4, -0.2) is 4.57 Å². The number of nitrogens with zero attached hydrogens (tertiary/aromatic N) is 2. The van der Waals surface area contributed by atoms with Crippen LogP contribution in [-0.2, 0) is 10.8 Å². The van der Waals surface area contributed by atoms with Crippen LogP contribution in [0.5, 0.6) is 0 Å². The van der Waals surface area contributed by atoms with Gasteiger partial charge in [0.25, 0.3) is 0 Å².